The molecule has 0 radical (unpaired) electrons. The second-order valence-electron chi connectivity index (χ2n) is 6.20. The Kier molecular flexibility index (Phi) is 7.63. The summed E-state index contributed by atoms with van der Waals surface area (Å²) in [7, 11) is 5.07. The largest absolute Gasteiger partial charge is 0.497 e. The van der Waals surface area contributed by atoms with Gasteiger partial charge < -0.3 is 19.7 Å². The fraction of sp³-hybridized carbons (Fsp3) is 0.300. The number of benzene rings is 2. The Morgan fingerprint density at radius 1 is 1.04 bits per heavy atom. The van der Waals surface area contributed by atoms with Crippen molar-refractivity contribution in [1.29, 1.82) is 0 Å². The lowest BCUT2D eigenvalue weighted by atomic mass is 10.2. The molecule has 0 spiro atoms. The first kappa shape index (κ1) is 20.3. The van der Waals surface area contributed by atoms with Gasteiger partial charge in [0.05, 0.1) is 21.3 Å². The van der Waals surface area contributed by atoms with Gasteiger partial charge in [0.15, 0.2) is 6.54 Å². The van der Waals surface area contributed by atoms with E-state index in [4.69, 9.17) is 9.47 Å². The molecule has 0 aliphatic heterocycles. The number of carbonyl (C=O) groups excluding carboxylic acids is 2. The molecule has 2 rings (SSSR count). The van der Waals surface area contributed by atoms with Gasteiger partial charge in [-0.1, -0.05) is 30.3 Å². The van der Waals surface area contributed by atoms with Crippen molar-refractivity contribution in [2.75, 3.05) is 27.8 Å². The highest BCUT2D eigenvalue weighted by Crippen LogP contribution is 2.23. The van der Waals surface area contributed by atoms with Crippen LogP contribution in [0.25, 0.3) is 0 Å². The van der Waals surface area contributed by atoms with Gasteiger partial charge in [-0.2, -0.15) is 0 Å². The van der Waals surface area contributed by atoms with E-state index in [1.165, 1.54) is 0 Å². The highest BCUT2D eigenvalue weighted by Gasteiger charge is 2.15. The van der Waals surface area contributed by atoms with Crippen LogP contribution in [-0.2, 0) is 17.9 Å². The molecule has 0 saturated carbocycles. The number of likely N-dealkylation sites (N-methyl/N-ethyl adjacent to an activating group) is 1. The topological polar surface area (TPSA) is 81.1 Å². The zero-order chi connectivity index (χ0) is 19.6. The fourth-order valence-corrected chi connectivity index (χ4v) is 2.65. The summed E-state index contributed by atoms with van der Waals surface area (Å²) in [4.78, 5) is 24.9. The normalized spacial score (nSPS) is 11.4. The second-order valence-corrected chi connectivity index (χ2v) is 6.20. The van der Waals surface area contributed by atoms with Crippen molar-refractivity contribution in [2.24, 2.45) is 0 Å². The Morgan fingerprint density at radius 2 is 1.78 bits per heavy atom. The van der Waals surface area contributed by atoms with E-state index in [2.05, 4.69) is 10.6 Å². The fourth-order valence-electron chi connectivity index (χ4n) is 2.65. The average Bonchev–Trinajstić information content (AvgIpc) is 2.67. The molecule has 0 aliphatic rings. The molecule has 0 saturated heterocycles. The maximum atomic E-state index is 12.1. The summed E-state index contributed by atoms with van der Waals surface area (Å²) in [5.74, 6) is 1.07. The summed E-state index contributed by atoms with van der Waals surface area (Å²) < 4.78 is 10.6. The van der Waals surface area contributed by atoms with Crippen molar-refractivity contribution in [3.63, 3.8) is 0 Å². The third-order valence-corrected chi connectivity index (χ3v) is 4.00. The van der Waals surface area contributed by atoms with Gasteiger partial charge in [-0.3, -0.25) is 10.1 Å². The van der Waals surface area contributed by atoms with Crippen molar-refractivity contribution < 1.29 is 24.0 Å². The Morgan fingerprint density at radius 3 is 2.44 bits per heavy atom. The van der Waals surface area contributed by atoms with Crippen LogP contribution in [0, 0.1) is 0 Å². The van der Waals surface area contributed by atoms with E-state index >= 15 is 0 Å². The molecular weight excluding hydrogens is 346 g/mol. The smallest absolute Gasteiger partial charge is 0.321 e. The second kappa shape index (κ2) is 10.2. The molecule has 3 amide bonds. The van der Waals surface area contributed by atoms with E-state index in [1.807, 2.05) is 49.5 Å². The first-order chi connectivity index (χ1) is 13.0. The van der Waals surface area contributed by atoms with Crippen LogP contribution in [0.5, 0.6) is 11.5 Å². The minimum Gasteiger partial charge on any atom is -0.497 e. The Bertz CT molecular complexity index is 765. The lowest BCUT2D eigenvalue weighted by molar-refractivity contribution is -0.885. The van der Waals surface area contributed by atoms with Gasteiger partial charge in [0.25, 0.3) is 5.91 Å². The van der Waals surface area contributed by atoms with Crippen LogP contribution in [0.3, 0.4) is 0 Å². The molecule has 1 unspecified atom stereocenters. The Labute approximate surface area is 159 Å². The maximum Gasteiger partial charge on any atom is 0.321 e. The van der Waals surface area contributed by atoms with Crippen molar-refractivity contribution in [3.8, 4) is 11.5 Å². The standard InChI is InChI=1S/C20H25N3O4/c1-23(13-16-9-10-17(26-2)11-18(16)27-3)14-19(24)22-20(25)21-12-15-7-5-4-6-8-15/h4-11H,12-14H2,1-3H3,(H2,21,22,24,25)/p+1. The third-order valence-electron chi connectivity index (χ3n) is 4.00. The van der Waals surface area contributed by atoms with E-state index < -0.39 is 6.03 Å². The summed E-state index contributed by atoms with van der Waals surface area (Å²) >= 11 is 0. The van der Waals surface area contributed by atoms with Gasteiger partial charge in [0.1, 0.15) is 18.0 Å². The highest BCUT2D eigenvalue weighted by atomic mass is 16.5. The first-order valence-electron chi connectivity index (χ1n) is 8.65. The van der Waals surface area contributed by atoms with E-state index in [0.717, 1.165) is 16.0 Å². The molecule has 27 heavy (non-hydrogen) atoms. The van der Waals surface area contributed by atoms with Crippen molar-refractivity contribution >= 4 is 11.9 Å². The van der Waals surface area contributed by atoms with E-state index in [9.17, 15) is 9.59 Å². The van der Waals surface area contributed by atoms with Gasteiger partial charge in [0, 0.05) is 18.2 Å². The van der Waals surface area contributed by atoms with E-state index in [0.29, 0.717) is 24.6 Å². The van der Waals surface area contributed by atoms with Crippen molar-refractivity contribution in [2.45, 2.75) is 13.1 Å². The third kappa shape index (κ3) is 6.63. The lowest BCUT2D eigenvalue weighted by Gasteiger charge is -2.16. The van der Waals surface area contributed by atoms with Gasteiger partial charge in [0.2, 0.25) is 0 Å². The van der Waals surface area contributed by atoms with Crippen LogP contribution in [-0.4, -0.2) is 39.8 Å². The van der Waals surface area contributed by atoms with Gasteiger partial charge >= 0.3 is 6.03 Å². The zero-order valence-corrected chi connectivity index (χ0v) is 15.9. The van der Waals surface area contributed by atoms with Crippen LogP contribution < -0.4 is 25.0 Å². The molecule has 2 aromatic rings. The van der Waals surface area contributed by atoms with Gasteiger partial charge in [-0.15, -0.1) is 0 Å². The van der Waals surface area contributed by atoms with Crippen molar-refractivity contribution in [1.82, 2.24) is 10.6 Å². The highest BCUT2D eigenvalue weighted by molar-refractivity contribution is 5.94. The van der Waals surface area contributed by atoms with E-state index in [-0.39, 0.29) is 12.5 Å². The van der Waals surface area contributed by atoms with Gasteiger partial charge in [-0.25, -0.2) is 4.79 Å². The monoisotopic (exact) mass is 372 g/mol. The number of hydrogen-bond donors (Lipinski definition) is 3. The summed E-state index contributed by atoms with van der Waals surface area (Å²) in [6.45, 7) is 1.10. The Hall–Kier alpha value is -3.06. The van der Waals surface area contributed by atoms with Crippen LogP contribution in [0.4, 0.5) is 4.79 Å². The molecule has 0 fully saturated rings. The number of methoxy groups -OCH3 is 2. The van der Waals surface area contributed by atoms with Crippen LogP contribution in [0.2, 0.25) is 0 Å². The summed E-state index contributed by atoms with van der Waals surface area (Å²) in [5.41, 5.74) is 1.92. The molecule has 0 bridgehead atoms. The molecule has 2 aromatic carbocycles. The number of rotatable bonds is 8. The molecule has 0 heterocycles. The summed E-state index contributed by atoms with van der Waals surface area (Å²) in [5, 5.41) is 5.02. The minimum atomic E-state index is -0.501. The van der Waals surface area contributed by atoms with Crippen LogP contribution in [0.1, 0.15) is 11.1 Å². The number of imide groups is 1. The molecule has 7 nitrogen and oxygen atoms in total. The minimum absolute atomic E-state index is 0.161. The number of hydrogen-bond acceptors (Lipinski definition) is 4. The number of carbonyl (C=O) groups is 2. The SMILES string of the molecule is COc1ccc(C[NH+](C)CC(=O)NC(=O)NCc2ccccc2)c(OC)c1. The summed E-state index contributed by atoms with van der Waals surface area (Å²) in [6.07, 6.45) is 0. The van der Waals surface area contributed by atoms with Crippen molar-refractivity contribution in [3.05, 3.63) is 59.7 Å². The predicted octanol–water partition coefficient (Wildman–Crippen LogP) is 0.745. The quantitative estimate of drug-likeness (QED) is 0.639. The maximum absolute atomic E-state index is 12.1. The molecule has 7 heteroatoms. The number of nitrogens with one attached hydrogen (secondary N) is 3. The van der Waals surface area contributed by atoms with Gasteiger partial charge in [-0.05, 0) is 17.7 Å². The predicted molar refractivity (Wildman–Crippen MR) is 102 cm³/mol. The molecule has 1 atom stereocenters. The van der Waals surface area contributed by atoms with Crippen LogP contribution in [0.15, 0.2) is 48.5 Å². The number of ether oxygens (including phenoxy) is 2. The molecule has 0 aliphatic carbocycles. The first-order valence-corrected chi connectivity index (χ1v) is 8.65. The number of amides is 3. The van der Waals surface area contributed by atoms with E-state index in [1.54, 1.807) is 20.3 Å². The molecule has 144 valence electrons. The Balaban J connectivity index is 1.80. The lowest BCUT2D eigenvalue weighted by Crippen LogP contribution is -3.09. The molecule has 3 N–H and O–H groups in total. The number of quaternary nitrogens is 1. The summed E-state index contributed by atoms with van der Waals surface area (Å²) in [6, 6.07) is 14.6. The molecular formula is C20H26N3O4+. The zero-order valence-electron chi connectivity index (χ0n) is 15.9. The van der Waals surface area contributed by atoms with Crippen LogP contribution >= 0.6 is 0 Å². The average molecular weight is 372 g/mol. The molecule has 0 aromatic heterocycles. The number of urea groups is 1.